The molecule has 0 aliphatic carbocycles. The molecule has 0 spiro atoms. The van der Waals surface area contributed by atoms with E-state index >= 15 is 0 Å². The van der Waals surface area contributed by atoms with Crippen LogP contribution in [0.3, 0.4) is 0 Å². The van der Waals surface area contributed by atoms with Crippen LogP contribution in [0.25, 0.3) is 0 Å². The Morgan fingerprint density at radius 1 is 0.963 bits per heavy atom. The van der Waals surface area contributed by atoms with E-state index in [1.165, 1.54) is 11.1 Å². The Hall–Kier alpha value is -2.18. The molecule has 1 amide bonds. The number of amides is 1. The van der Waals surface area contributed by atoms with Crippen molar-refractivity contribution in [2.75, 3.05) is 24.6 Å². The van der Waals surface area contributed by atoms with Crippen molar-refractivity contribution in [3.63, 3.8) is 0 Å². The third-order valence-corrected chi connectivity index (χ3v) is 7.22. The fraction of sp³-hybridized carbons (Fsp3) is 0.381. The number of sulfone groups is 1. The number of carbonyl (C=O) groups is 1. The average molecular weight is 385 g/mol. The molecule has 0 saturated carbocycles. The zero-order valence-electron chi connectivity index (χ0n) is 15.1. The summed E-state index contributed by atoms with van der Waals surface area (Å²) in [5, 5.41) is 2.93. The Bertz CT molecular complexity index is 854. The lowest BCUT2D eigenvalue weighted by Gasteiger charge is -2.44. The van der Waals surface area contributed by atoms with Gasteiger partial charge in [-0.3, -0.25) is 9.69 Å². The topological polar surface area (TPSA) is 66.5 Å². The van der Waals surface area contributed by atoms with Gasteiger partial charge in [-0.05, 0) is 17.5 Å². The molecular formula is C21H24N2O3S. The van der Waals surface area contributed by atoms with Gasteiger partial charge in [0.2, 0.25) is 5.91 Å². The number of nitrogens with one attached hydrogen (secondary N) is 1. The highest BCUT2D eigenvalue weighted by atomic mass is 32.2. The maximum atomic E-state index is 12.5. The van der Waals surface area contributed by atoms with Crippen molar-refractivity contribution in [3.8, 4) is 0 Å². The first-order valence-corrected chi connectivity index (χ1v) is 11.2. The van der Waals surface area contributed by atoms with Crippen molar-refractivity contribution in [2.24, 2.45) is 5.92 Å². The summed E-state index contributed by atoms with van der Waals surface area (Å²) in [6.45, 7) is 1.36. The molecule has 142 valence electrons. The molecule has 2 aliphatic heterocycles. The fourth-order valence-corrected chi connectivity index (χ4v) is 5.68. The number of carbonyl (C=O) groups excluding carboxylic acids is 1. The second-order valence-electron chi connectivity index (χ2n) is 7.48. The monoisotopic (exact) mass is 384 g/mol. The summed E-state index contributed by atoms with van der Waals surface area (Å²) in [7, 11) is -2.98. The second-order valence-corrected chi connectivity index (χ2v) is 9.71. The summed E-state index contributed by atoms with van der Waals surface area (Å²) in [6.07, 6.45) is 0.529. The molecule has 2 heterocycles. The van der Waals surface area contributed by atoms with Crippen molar-refractivity contribution < 1.29 is 13.2 Å². The van der Waals surface area contributed by atoms with Gasteiger partial charge >= 0.3 is 0 Å². The van der Waals surface area contributed by atoms with E-state index in [2.05, 4.69) is 34.5 Å². The van der Waals surface area contributed by atoms with Crippen LogP contribution in [-0.2, 0) is 14.6 Å². The maximum absolute atomic E-state index is 12.5. The molecule has 27 heavy (non-hydrogen) atoms. The zero-order chi connectivity index (χ0) is 18.9. The van der Waals surface area contributed by atoms with Gasteiger partial charge < -0.3 is 5.32 Å². The van der Waals surface area contributed by atoms with E-state index in [9.17, 15) is 13.2 Å². The largest absolute Gasteiger partial charge is 0.352 e. The third-order valence-electron chi connectivity index (χ3n) is 5.46. The predicted molar refractivity (Wildman–Crippen MR) is 105 cm³/mol. The van der Waals surface area contributed by atoms with Crippen molar-refractivity contribution in [1.29, 1.82) is 0 Å². The second kappa shape index (κ2) is 7.44. The first kappa shape index (κ1) is 18.2. The molecule has 2 aliphatic rings. The van der Waals surface area contributed by atoms with E-state index in [4.69, 9.17) is 0 Å². The molecule has 0 radical (unpaired) electrons. The van der Waals surface area contributed by atoms with E-state index in [1.54, 1.807) is 0 Å². The van der Waals surface area contributed by atoms with Gasteiger partial charge in [-0.1, -0.05) is 60.7 Å². The maximum Gasteiger partial charge on any atom is 0.225 e. The first-order chi connectivity index (χ1) is 13.0. The van der Waals surface area contributed by atoms with E-state index in [0.29, 0.717) is 19.5 Å². The van der Waals surface area contributed by atoms with E-state index in [0.717, 1.165) is 0 Å². The minimum Gasteiger partial charge on any atom is -0.352 e. The third kappa shape index (κ3) is 4.06. The Morgan fingerprint density at radius 2 is 1.52 bits per heavy atom. The van der Waals surface area contributed by atoms with Crippen LogP contribution in [0.1, 0.15) is 23.6 Å². The minimum atomic E-state index is -2.98. The zero-order valence-corrected chi connectivity index (χ0v) is 15.9. The summed E-state index contributed by atoms with van der Waals surface area (Å²) >= 11 is 0. The Morgan fingerprint density at radius 3 is 2.00 bits per heavy atom. The summed E-state index contributed by atoms with van der Waals surface area (Å²) in [5.74, 6) is 0.154. The number of hydrogen-bond donors (Lipinski definition) is 1. The van der Waals surface area contributed by atoms with Gasteiger partial charge in [0.25, 0.3) is 0 Å². The molecule has 2 saturated heterocycles. The molecule has 1 atom stereocenters. The van der Waals surface area contributed by atoms with Crippen molar-refractivity contribution >= 4 is 15.7 Å². The van der Waals surface area contributed by atoms with Gasteiger partial charge in [0.1, 0.15) is 0 Å². The molecule has 2 aromatic carbocycles. The van der Waals surface area contributed by atoms with Crippen molar-refractivity contribution in [1.82, 2.24) is 10.2 Å². The molecular weight excluding hydrogens is 360 g/mol. The molecule has 0 bridgehead atoms. The van der Waals surface area contributed by atoms with Crippen LogP contribution in [0, 0.1) is 5.92 Å². The molecule has 6 heteroatoms. The van der Waals surface area contributed by atoms with Crippen molar-refractivity contribution in [2.45, 2.75) is 18.5 Å². The normalized spacial score (nSPS) is 22.5. The summed E-state index contributed by atoms with van der Waals surface area (Å²) < 4.78 is 23.1. The molecule has 1 unspecified atom stereocenters. The molecule has 1 N–H and O–H groups in total. The van der Waals surface area contributed by atoms with Crippen LogP contribution in [0.4, 0.5) is 0 Å². The van der Waals surface area contributed by atoms with E-state index < -0.39 is 9.84 Å². The van der Waals surface area contributed by atoms with Gasteiger partial charge in [-0.2, -0.15) is 0 Å². The quantitative estimate of drug-likeness (QED) is 0.856. The Balaban J connectivity index is 1.42. The van der Waals surface area contributed by atoms with Crippen LogP contribution >= 0.6 is 0 Å². The van der Waals surface area contributed by atoms with Crippen LogP contribution in [0.5, 0.6) is 0 Å². The average Bonchev–Trinajstić information content (AvgIpc) is 2.97. The number of benzene rings is 2. The predicted octanol–water partition coefficient (Wildman–Crippen LogP) is 2.01. The Kier molecular flexibility index (Phi) is 5.02. The molecule has 0 aromatic heterocycles. The van der Waals surface area contributed by atoms with Crippen molar-refractivity contribution in [3.05, 3.63) is 71.8 Å². The summed E-state index contributed by atoms with van der Waals surface area (Å²) in [6, 6.07) is 20.5. The number of rotatable bonds is 5. The van der Waals surface area contributed by atoms with Crippen LogP contribution in [0.15, 0.2) is 60.7 Å². The SMILES string of the molecule is O=C(NC1CCS(=O)(=O)C1)C1CN(C(c2ccccc2)c2ccccc2)C1. The fourth-order valence-electron chi connectivity index (χ4n) is 4.00. The van der Waals surface area contributed by atoms with Gasteiger partial charge in [0.05, 0.1) is 23.5 Å². The lowest BCUT2D eigenvalue weighted by atomic mass is 9.89. The molecule has 2 fully saturated rings. The summed E-state index contributed by atoms with van der Waals surface area (Å²) in [5.41, 5.74) is 2.42. The smallest absolute Gasteiger partial charge is 0.225 e. The molecule has 5 nitrogen and oxygen atoms in total. The highest BCUT2D eigenvalue weighted by molar-refractivity contribution is 7.91. The van der Waals surface area contributed by atoms with Crippen LogP contribution in [0.2, 0.25) is 0 Å². The number of likely N-dealkylation sites (tertiary alicyclic amines) is 1. The van der Waals surface area contributed by atoms with Gasteiger partial charge in [-0.15, -0.1) is 0 Å². The molecule has 2 aromatic rings. The highest BCUT2D eigenvalue weighted by Crippen LogP contribution is 2.34. The highest BCUT2D eigenvalue weighted by Gasteiger charge is 2.39. The van der Waals surface area contributed by atoms with Gasteiger partial charge in [0, 0.05) is 19.1 Å². The lowest BCUT2D eigenvalue weighted by molar-refractivity contribution is -0.131. The number of hydrogen-bond acceptors (Lipinski definition) is 4. The lowest BCUT2D eigenvalue weighted by Crippen LogP contribution is -2.56. The standard InChI is InChI=1S/C21H24N2O3S/c24-21(22-19-11-12-27(25,26)15-19)18-13-23(14-18)20(16-7-3-1-4-8-16)17-9-5-2-6-10-17/h1-10,18-20H,11-15H2,(H,22,24). The first-order valence-electron chi connectivity index (χ1n) is 9.36. The van der Waals surface area contributed by atoms with Crippen LogP contribution < -0.4 is 5.32 Å². The van der Waals surface area contributed by atoms with Gasteiger partial charge in [-0.25, -0.2) is 8.42 Å². The van der Waals surface area contributed by atoms with Gasteiger partial charge in [0.15, 0.2) is 9.84 Å². The summed E-state index contributed by atoms with van der Waals surface area (Å²) in [4.78, 5) is 14.8. The Labute approximate surface area is 160 Å². The molecule has 4 rings (SSSR count). The van der Waals surface area contributed by atoms with Crippen LogP contribution in [-0.4, -0.2) is 49.9 Å². The van der Waals surface area contributed by atoms with E-state index in [-0.39, 0.29) is 35.4 Å². The minimum absolute atomic E-state index is 0.0202. The number of nitrogens with zero attached hydrogens (tertiary/aromatic N) is 1. The van der Waals surface area contributed by atoms with E-state index in [1.807, 2.05) is 36.4 Å².